The highest BCUT2D eigenvalue weighted by Crippen LogP contribution is 1.71. The van der Waals surface area contributed by atoms with Crippen LogP contribution in [-0.4, -0.2) is 23.8 Å². The van der Waals surface area contributed by atoms with Gasteiger partial charge in [0.15, 0.2) is 7.85 Å². The van der Waals surface area contributed by atoms with Gasteiger partial charge in [-0.3, -0.25) is 14.3 Å². The number of carbonyl (C=O) groups excluding carboxylic acids is 1. The number of nitrogens with zero attached hydrogens (tertiary/aromatic N) is 2. The van der Waals surface area contributed by atoms with E-state index in [0.717, 1.165) is 0 Å². The van der Waals surface area contributed by atoms with Crippen molar-refractivity contribution in [2.45, 2.75) is 0 Å². The minimum absolute atomic E-state index is 0.222. The first-order valence-corrected chi connectivity index (χ1v) is 2.08. The molecule has 0 amide bonds. The molecule has 1 rings (SSSR count). The third-order valence-corrected chi connectivity index (χ3v) is 0.812. The molecule has 1 aromatic rings. The first-order chi connectivity index (χ1) is 3.84. The molecule has 0 fully saturated rings. The maximum atomic E-state index is 9.93. The van der Waals surface area contributed by atoms with E-state index in [-0.39, 0.29) is 5.72 Å². The van der Waals surface area contributed by atoms with Gasteiger partial charge in [-0.25, -0.2) is 0 Å². The lowest BCUT2D eigenvalue weighted by Gasteiger charge is -1.86. The maximum Gasteiger partial charge on any atom is 0.218 e. The zero-order chi connectivity index (χ0) is 5.98. The average Bonchev–Trinajstić information content (AvgIpc) is 2.14. The number of hydrogen-bond acceptors (Lipinski definition) is 2. The van der Waals surface area contributed by atoms with Gasteiger partial charge in [-0.05, 0) is 0 Å². The maximum absolute atomic E-state index is 9.93. The highest BCUT2D eigenvalue weighted by atomic mass is 16.1. The first kappa shape index (κ1) is 5.09. The Hall–Kier alpha value is -1.06. The number of hydrogen-bond donors (Lipinski definition) is 0. The van der Waals surface area contributed by atoms with Crippen molar-refractivity contribution in [3.05, 3.63) is 12.4 Å². The molecule has 0 bridgehead atoms. The van der Waals surface area contributed by atoms with Crippen LogP contribution in [-0.2, 0) is 4.79 Å². The van der Waals surface area contributed by atoms with Crippen LogP contribution in [0, 0.1) is 0 Å². The lowest BCUT2D eigenvalue weighted by atomic mass is 10.1. The van der Waals surface area contributed by atoms with E-state index >= 15 is 0 Å². The van der Waals surface area contributed by atoms with Crippen molar-refractivity contribution < 1.29 is 4.79 Å². The normalized spacial score (nSPS) is 9.00. The van der Waals surface area contributed by atoms with Gasteiger partial charge < -0.3 is 0 Å². The summed E-state index contributed by atoms with van der Waals surface area (Å²) in [5.41, 5.74) is 0.222. The van der Waals surface area contributed by atoms with Gasteiger partial charge >= 0.3 is 0 Å². The largest absolute Gasteiger partial charge is 0.286 e. The van der Waals surface area contributed by atoms with Crippen LogP contribution in [0.5, 0.6) is 0 Å². The van der Waals surface area contributed by atoms with E-state index in [4.69, 9.17) is 7.85 Å². The molecule has 0 unspecified atom stereocenters. The van der Waals surface area contributed by atoms with Crippen molar-refractivity contribution in [1.82, 2.24) is 9.55 Å². The van der Waals surface area contributed by atoms with Crippen LogP contribution in [0.25, 0.3) is 0 Å². The molecule has 1 aromatic heterocycles. The molecule has 3 nitrogen and oxygen atoms in total. The molecule has 0 saturated carbocycles. The summed E-state index contributed by atoms with van der Waals surface area (Å²) >= 11 is 0. The predicted molar refractivity (Wildman–Crippen MR) is 29.8 cm³/mol. The molecular weight excluding hydrogens is 103 g/mol. The van der Waals surface area contributed by atoms with Gasteiger partial charge in [0.25, 0.3) is 0 Å². The Balaban J connectivity index is 3.09. The summed E-state index contributed by atoms with van der Waals surface area (Å²) in [7, 11) is 5.17. The summed E-state index contributed by atoms with van der Waals surface area (Å²) in [4.78, 5) is 13.5. The second-order valence-electron chi connectivity index (χ2n) is 1.30. The fourth-order valence-corrected chi connectivity index (χ4v) is 0.414. The molecular formula is C4H3BN2O. The predicted octanol–water partition coefficient (Wildman–Crippen LogP) is -1.28. The van der Waals surface area contributed by atoms with E-state index in [1.807, 2.05) is 0 Å². The van der Waals surface area contributed by atoms with Crippen LogP contribution in [0.4, 0.5) is 0 Å². The Labute approximate surface area is 47.7 Å². The summed E-state index contributed by atoms with van der Waals surface area (Å²) in [6.45, 7) is 0. The second-order valence-corrected chi connectivity index (χ2v) is 1.30. The SMILES string of the molecule is [B]c1nccn1C=O. The third-order valence-electron chi connectivity index (χ3n) is 0.812. The number of rotatable bonds is 1. The van der Waals surface area contributed by atoms with E-state index in [2.05, 4.69) is 4.98 Å². The van der Waals surface area contributed by atoms with Gasteiger partial charge in [-0.1, -0.05) is 0 Å². The molecule has 38 valence electrons. The molecule has 8 heavy (non-hydrogen) atoms. The van der Waals surface area contributed by atoms with Gasteiger partial charge in [0.05, 0.1) is 5.72 Å². The molecule has 0 atom stereocenters. The van der Waals surface area contributed by atoms with Crippen LogP contribution in [0.15, 0.2) is 12.4 Å². The Morgan fingerprint density at radius 1 is 1.88 bits per heavy atom. The molecule has 0 aliphatic carbocycles. The van der Waals surface area contributed by atoms with Gasteiger partial charge in [0, 0.05) is 12.4 Å². The number of aromatic nitrogens is 2. The molecule has 0 N–H and O–H groups in total. The lowest BCUT2D eigenvalue weighted by molar-refractivity contribution is 0.548. The topological polar surface area (TPSA) is 34.9 Å². The van der Waals surface area contributed by atoms with Gasteiger partial charge in [0.2, 0.25) is 6.41 Å². The zero-order valence-corrected chi connectivity index (χ0v) is 4.11. The Morgan fingerprint density at radius 2 is 2.62 bits per heavy atom. The highest BCUT2D eigenvalue weighted by molar-refractivity contribution is 6.30. The van der Waals surface area contributed by atoms with Crippen molar-refractivity contribution in [2.24, 2.45) is 0 Å². The fraction of sp³-hybridized carbons (Fsp3) is 0. The summed E-state index contributed by atoms with van der Waals surface area (Å²) in [5, 5.41) is 0. The quantitative estimate of drug-likeness (QED) is 0.330. The summed E-state index contributed by atoms with van der Waals surface area (Å²) in [6, 6.07) is 0. The molecule has 1 heterocycles. The van der Waals surface area contributed by atoms with E-state index in [0.29, 0.717) is 6.41 Å². The van der Waals surface area contributed by atoms with Crippen LogP contribution >= 0.6 is 0 Å². The molecule has 4 heteroatoms. The summed E-state index contributed by atoms with van der Waals surface area (Å²) < 4.78 is 1.19. The Morgan fingerprint density at radius 3 is 2.88 bits per heavy atom. The highest BCUT2D eigenvalue weighted by Gasteiger charge is 1.88. The molecule has 0 aromatic carbocycles. The Kier molecular flexibility index (Phi) is 1.16. The molecule has 0 spiro atoms. The summed E-state index contributed by atoms with van der Waals surface area (Å²) in [6.07, 6.45) is 3.55. The van der Waals surface area contributed by atoms with Crippen molar-refractivity contribution >= 4 is 20.0 Å². The van der Waals surface area contributed by atoms with E-state index in [9.17, 15) is 4.79 Å². The fourth-order valence-electron chi connectivity index (χ4n) is 0.414. The number of carbonyl (C=O) groups is 1. The molecule has 0 aliphatic rings. The number of imidazole rings is 1. The van der Waals surface area contributed by atoms with Crippen molar-refractivity contribution in [3.63, 3.8) is 0 Å². The minimum Gasteiger partial charge on any atom is -0.286 e. The van der Waals surface area contributed by atoms with Crippen LogP contribution in [0.2, 0.25) is 0 Å². The van der Waals surface area contributed by atoms with Gasteiger partial charge in [-0.15, -0.1) is 0 Å². The zero-order valence-electron chi connectivity index (χ0n) is 4.11. The van der Waals surface area contributed by atoms with Crippen LogP contribution in [0.1, 0.15) is 0 Å². The first-order valence-electron chi connectivity index (χ1n) is 2.08. The van der Waals surface area contributed by atoms with Crippen LogP contribution in [0.3, 0.4) is 0 Å². The minimum atomic E-state index is 0.222. The molecule has 2 radical (unpaired) electrons. The van der Waals surface area contributed by atoms with Gasteiger partial charge in [-0.2, -0.15) is 0 Å². The van der Waals surface area contributed by atoms with Gasteiger partial charge in [0.1, 0.15) is 0 Å². The molecule has 0 saturated heterocycles. The summed E-state index contributed by atoms with van der Waals surface area (Å²) in [5.74, 6) is 0. The van der Waals surface area contributed by atoms with E-state index in [1.54, 1.807) is 0 Å². The lowest BCUT2D eigenvalue weighted by Crippen LogP contribution is -2.17. The average molecular weight is 106 g/mol. The van der Waals surface area contributed by atoms with Crippen molar-refractivity contribution in [2.75, 3.05) is 0 Å². The standard InChI is InChI=1S/C4H3BN2O/c5-4-6-1-2-7(4)3-8/h1-3H. The van der Waals surface area contributed by atoms with E-state index < -0.39 is 0 Å². The van der Waals surface area contributed by atoms with Crippen LogP contribution < -0.4 is 5.72 Å². The second kappa shape index (κ2) is 1.82. The van der Waals surface area contributed by atoms with E-state index in [1.165, 1.54) is 17.0 Å². The van der Waals surface area contributed by atoms with Crippen molar-refractivity contribution in [1.29, 1.82) is 0 Å². The van der Waals surface area contributed by atoms with Crippen molar-refractivity contribution in [3.8, 4) is 0 Å². The monoisotopic (exact) mass is 106 g/mol. The smallest absolute Gasteiger partial charge is 0.218 e. The Bertz CT molecular complexity index is 196. The molecule has 0 aliphatic heterocycles. The third kappa shape index (κ3) is 0.642.